The average Bonchev–Trinajstić information content (AvgIpc) is 2.29. The van der Waals surface area contributed by atoms with Crippen LogP contribution in [0.25, 0.3) is 0 Å². The zero-order valence-corrected chi connectivity index (χ0v) is 10.0. The second-order valence-corrected chi connectivity index (χ2v) is 3.53. The van der Waals surface area contributed by atoms with Gasteiger partial charge in [-0.15, -0.1) is 11.6 Å². The van der Waals surface area contributed by atoms with Gasteiger partial charge in [-0.2, -0.15) is 0 Å². The highest BCUT2D eigenvalue weighted by atomic mass is 35.5. The van der Waals surface area contributed by atoms with Crippen molar-refractivity contribution in [1.29, 1.82) is 0 Å². The number of ether oxygens (including phenoxy) is 1. The van der Waals surface area contributed by atoms with Crippen LogP contribution in [0.1, 0.15) is 30.3 Å². The lowest BCUT2D eigenvalue weighted by atomic mass is 10.1. The number of hydrogen-bond acceptors (Lipinski definition) is 3. The Bertz CT molecular complexity index is 399. The second-order valence-electron chi connectivity index (χ2n) is 3.26. The summed E-state index contributed by atoms with van der Waals surface area (Å²) in [5, 5.41) is 0. The number of esters is 1. The summed E-state index contributed by atoms with van der Waals surface area (Å²) in [7, 11) is 0. The van der Waals surface area contributed by atoms with E-state index in [9.17, 15) is 13.6 Å². The molecule has 0 amide bonds. The molecular weight excluding hydrogens is 252 g/mol. The number of aromatic nitrogens is 1. The molecule has 0 aliphatic rings. The zero-order valence-electron chi connectivity index (χ0n) is 9.25. The van der Waals surface area contributed by atoms with Crippen LogP contribution >= 0.6 is 11.6 Å². The van der Waals surface area contributed by atoms with Crippen LogP contribution in [0, 0.1) is 0 Å². The smallest absolute Gasteiger partial charge is 0.311 e. The van der Waals surface area contributed by atoms with Crippen molar-refractivity contribution in [3.8, 4) is 0 Å². The summed E-state index contributed by atoms with van der Waals surface area (Å²) in [4.78, 5) is 15.0. The SMILES string of the molecule is CCOC(=O)Cc1nc(C(F)F)ccc1CCl. The molecule has 94 valence electrons. The maximum absolute atomic E-state index is 12.5. The number of pyridine rings is 1. The molecule has 3 nitrogen and oxygen atoms in total. The first kappa shape index (κ1) is 13.8. The highest BCUT2D eigenvalue weighted by molar-refractivity contribution is 6.17. The normalized spacial score (nSPS) is 10.6. The molecule has 1 heterocycles. The van der Waals surface area contributed by atoms with Gasteiger partial charge in [0.2, 0.25) is 0 Å². The van der Waals surface area contributed by atoms with Crippen LogP contribution in [0.15, 0.2) is 12.1 Å². The Morgan fingerprint density at radius 3 is 2.76 bits per heavy atom. The summed E-state index contributed by atoms with van der Waals surface area (Å²) in [6.07, 6.45) is -2.81. The minimum Gasteiger partial charge on any atom is -0.466 e. The fourth-order valence-electron chi connectivity index (χ4n) is 1.29. The molecule has 0 saturated carbocycles. The molecule has 0 aliphatic heterocycles. The molecule has 1 aromatic rings. The van der Waals surface area contributed by atoms with E-state index in [-0.39, 0.29) is 30.3 Å². The predicted octanol–water partition coefficient (Wildman–Crippen LogP) is 2.86. The van der Waals surface area contributed by atoms with Crippen LogP contribution in [0.5, 0.6) is 0 Å². The van der Waals surface area contributed by atoms with Crippen LogP contribution in [0.2, 0.25) is 0 Å². The van der Waals surface area contributed by atoms with Crippen molar-refractivity contribution in [2.75, 3.05) is 6.61 Å². The lowest BCUT2D eigenvalue weighted by Gasteiger charge is -2.08. The van der Waals surface area contributed by atoms with Gasteiger partial charge in [0.25, 0.3) is 6.43 Å². The molecule has 17 heavy (non-hydrogen) atoms. The molecule has 0 aromatic carbocycles. The van der Waals surface area contributed by atoms with Crippen LogP contribution in [-0.2, 0) is 21.8 Å². The van der Waals surface area contributed by atoms with Crippen LogP contribution in [-0.4, -0.2) is 17.6 Å². The monoisotopic (exact) mass is 263 g/mol. The van der Waals surface area contributed by atoms with Gasteiger partial charge in [0.1, 0.15) is 5.69 Å². The fraction of sp³-hybridized carbons (Fsp3) is 0.455. The van der Waals surface area contributed by atoms with Crippen LogP contribution < -0.4 is 0 Å². The Hall–Kier alpha value is -1.23. The third-order valence-electron chi connectivity index (χ3n) is 2.07. The van der Waals surface area contributed by atoms with E-state index in [0.717, 1.165) is 0 Å². The summed E-state index contributed by atoms with van der Waals surface area (Å²) in [5.74, 6) is -0.386. The summed E-state index contributed by atoms with van der Waals surface area (Å²) in [6, 6.07) is 2.66. The second kappa shape index (κ2) is 6.49. The van der Waals surface area contributed by atoms with Gasteiger partial charge in [-0.05, 0) is 18.6 Å². The van der Waals surface area contributed by atoms with Gasteiger partial charge >= 0.3 is 5.97 Å². The Morgan fingerprint density at radius 1 is 1.53 bits per heavy atom. The lowest BCUT2D eigenvalue weighted by molar-refractivity contribution is -0.142. The number of carbonyl (C=O) groups is 1. The minimum absolute atomic E-state index is 0.116. The quantitative estimate of drug-likeness (QED) is 0.606. The van der Waals surface area contributed by atoms with E-state index in [1.54, 1.807) is 6.92 Å². The summed E-state index contributed by atoms with van der Waals surface area (Å²) in [6.45, 7) is 1.91. The summed E-state index contributed by atoms with van der Waals surface area (Å²) < 4.78 is 29.6. The van der Waals surface area contributed by atoms with E-state index in [1.165, 1.54) is 12.1 Å². The van der Waals surface area contributed by atoms with Gasteiger partial charge in [-0.3, -0.25) is 9.78 Å². The van der Waals surface area contributed by atoms with Gasteiger partial charge in [0.15, 0.2) is 0 Å². The Morgan fingerprint density at radius 2 is 2.24 bits per heavy atom. The van der Waals surface area contributed by atoms with Crippen molar-refractivity contribution in [3.05, 3.63) is 29.1 Å². The van der Waals surface area contributed by atoms with Crippen LogP contribution in [0.4, 0.5) is 8.78 Å². The van der Waals surface area contributed by atoms with E-state index in [1.807, 2.05) is 0 Å². The molecule has 0 bridgehead atoms. The van der Waals surface area contributed by atoms with Gasteiger partial charge in [0.05, 0.1) is 18.7 Å². The van der Waals surface area contributed by atoms with E-state index < -0.39 is 12.4 Å². The van der Waals surface area contributed by atoms with E-state index in [2.05, 4.69) is 4.98 Å². The molecule has 0 unspecified atom stereocenters. The van der Waals surface area contributed by atoms with Crippen LogP contribution in [0.3, 0.4) is 0 Å². The molecule has 1 rings (SSSR count). The highest BCUT2D eigenvalue weighted by Crippen LogP contribution is 2.20. The molecule has 0 N–H and O–H groups in total. The number of rotatable bonds is 5. The Balaban J connectivity index is 2.93. The van der Waals surface area contributed by atoms with Gasteiger partial charge in [-0.1, -0.05) is 6.07 Å². The molecule has 1 aromatic heterocycles. The van der Waals surface area contributed by atoms with Crippen molar-refractivity contribution in [1.82, 2.24) is 4.98 Å². The Kier molecular flexibility index (Phi) is 5.28. The fourth-order valence-corrected chi connectivity index (χ4v) is 1.54. The standard InChI is InChI=1S/C11H12ClF2NO2/c1-2-17-10(16)5-9-7(6-12)3-4-8(15-9)11(13)14/h3-4,11H,2,5-6H2,1H3. The molecule has 0 saturated heterocycles. The van der Waals surface area contributed by atoms with Crippen molar-refractivity contribution in [2.45, 2.75) is 25.7 Å². The number of nitrogens with zero attached hydrogens (tertiary/aromatic N) is 1. The van der Waals surface area contributed by atoms with E-state index in [0.29, 0.717) is 5.56 Å². The summed E-state index contributed by atoms with van der Waals surface area (Å²) in [5.41, 5.74) is 0.443. The Labute approximate surface area is 103 Å². The number of carbonyl (C=O) groups excluding carboxylic acids is 1. The minimum atomic E-state index is -2.67. The van der Waals surface area contributed by atoms with E-state index >= 15 is 0 Å². The first-order valence-corrected chi connectivity index (χ1v) is 5.60. The molecule has 0 aliphatic carbocycles. The predicted molar refractivity (Wildman–Crippen MR) is 59.1 cm³/mol. The maximum Gasteiger partial charge on any atom is 0.311 e. The van der Waals surface area contributed by atoms with Gasteiger partial charge in [0, 0.05) is 5.88 Å². The van der Waals surface area contributed by atoms with E-state index in [4.69, 9.17) is 16.3 Å². The average molecular weight is 264 g/mol. The van der Waals surface area contributed by atoms with Gasteiger partial charge in [-0.25, -0.2) is 8.78 Å². The van der Waals surface area contributed by atoms with Crippen molar-refractivity contribution >= 4 is 17.6 Å². The first-order chi connectivity index (χ1) is 8.08. The number of hydrogen-bond donors (Lipinski definition) is 0. The highest BCUT2D eigenvalue weighted by Gasteiger charge is 2.15. The molecule has 0 spiro atoms. The third kappa shape index (κ3) is 3.93. The van der Waals surface area contributed by atoms with Gasteiger partial charge < -0.3 is 4.74 Å². The number of halogens is 3. The van der Waals surface area contributed by atoms with Crippen molar-refractivity contribution < 1.29 is 18.3 Å². The maximum atomic E-state index is 12.5. The third-order valence-corrected chi connectivity index (χ3v) is 2.36. The molecule has 0 atom stereocenters. The molecule has 0 fully saturated rings. The molecule has 6 heteroatoms. The zero-order chi connectivity index (χ0) is 12.8. The lowest BCUT2D eigenvalue weighted by Crippen LogP contribution is -2.11. The summed E-state index contributed by atoms with van der Waals surface area (Å²) >= 11 is 5.64. The van der Waals surface area contributed by atoms with Crippen molar-refractivity contribution in [2.24, 2.45) is 0 Å². The first-order valence-electron chi connectivity index (χ1n) is 5.06. The number of alkyl halides is 3. The van der Waals surface area contributed by atoms with Crippen molar-refractivity contribution in [3.63, 3.8) is 0 Å². The molecular formula is C11H12ClF2NO2. The topological polar surface area (TPSA) is 39.2 Å². The molecule has 0 radical (unpaired) electrons. The largest absolute Gasteiger partial charge is 0.466 e.